The molecule has 11 heavy (non-hydrogen) atoms. The van der Waals surface area contributed by atoms with Gasteiger partial charge in [-0.25, -0.2) is 0 Å². The molecule has 0 saturated carbocycles. The van der Waals surface area contributed by atoms with E-state index in [1.165, 1.54) is 0 Å². The van der Waals surface area contributed by atoms with Crippen LogP contribution in [0.3, 0.4) is 0 Å². The molecule has 0 radical (unpaired) electrons. The van der Waals surface area contributed by atoms with Crippen LogP contribution in [0, 0.1) is 0 Å². The van der Waals surface area contributed by atoms with Gasteiger partial charge in [-0.1, -0.05) is 35.4 Å². The Morgan fingerprint density at radius 1 is 1.27 bits per heavy atom. The van der Waals surface area contributed by atoms with E-state index < -0.39 is 0 Å². The molecule has 3 heteroatoms. The van der Waals surface area contributed by atoms with Gasteiger partial charge in [0.2, 0.25) is 0 Å². The molecule has 0 aliphatic heterocycles. The van der Waals surface area contributed by atoms with Crippen LogP contribution in [0.4, 0.5) is 0 Å². The van der Waals surface area contributed by atoms with Crippen molar-refractivity contribution < 1.29 is 22.4 Å². The molecule has 0 fully saturated rings. The van der Waals surface area contributed by atoms with Crippen LogP contribution in [0.25, 0.3) is 0 Å². The van der Waals surface area contributed by atoms with Gasteiger partial charge in [0.15, 0.2) is 0 Å². The van der Waals surface area contributed by atoms with Crippen molar-refractivity contribution in [2.45, 2.75) is 0 Å². The van der Waals surface area contributed by atoms with Crippen molar-refractivity contribution in [3.63, 3.8) is 0 Å². The second-order valence-corrected chi connectivity index (χ2v) is 2.28. The van der Waals surface area contributed by atoms with Crippen molar-refractivity contribution >= 4 is 17.7 Å². The predicted molar refractivity (Wildman–Crippen MR) is 46.3 cm³/mol. The molecule has 0 aliphatic carbocycles. The molecule has 1 aromatic rings. The molecule has 0 bridgehead atoms. The first-order valence-corrected chi connectivity index (χ1v) is 3.44. The molecule has 0 N–H and O–H groups in total. The molecule has 1 rings (SSSR count). The monoisotopic (exact) mass is 347 g/mol. The normalized spacial score (nSPS) is 10.5. The third-order valence-electron chi connectivity index (χ3n) is 1.22. The summed E-state index contributed by atoms with van der Waals surface area (Å²) in [6, 6.07) is 9.77. The van der Waals surface area contributed by atoms with E-state index in [2.05, 4.69) is 4.99 Å². The quantitative estimate of drug-likeness (QED) is 0.325. The first-order valence-electron chi connectivity index (χ1n) is 3.04. The molecule has 0 aromatic heterocycles. The van der Waals surface area contributed by atoms with Crippen molar-refractivity contribution in [3.8, 4) is 0 Å². The zero-order chi connectivity index (χ0) is 7.40. The fourth-order valence-corrected chi connectivity index (χ4v) is 0.846. The van der Waals surface area contributed by atoms with Crippen molar-refractivity contribution in [1.29, 1.82) is 0 Å². The molecule has 62 valence electrons. The van der Waals surface area contributed by atoms with E-state index in [-0.39, 0.29) is 22.4 Å². The number of hydrogen-bond donors (Lipinski definition) is 0. The Morgan fingerprint density at radius 2 is 1.82 bits per heavy atom. The van der Waals surface area contributed by atoms with E-state index in [9.17, 15) is 0 Å². The van der Waals surface area contributed by atoms with Crippen LogP contribution >= 0.6 is 0 Å². The third-order valence-corrected chi connectivity index (χ3v) is 1.64. The number of aliphatic imine (C=N–C) groups is 1. The SMILES string of the molecule is CN=C([S-])c1ccccc1.[Au+]. The molecule has 0 amide bonds. The van der Waals surface area contributed by atoms with Crippen LogP contribution in [0.2, 0.25) is 0 Å². The van der Waals surface area contributed by atoms with Crippen molar-refractivity contribution in [2.24, 2.45) is 4.99 Å². The van der Waals surface area contributed by atoms with Gasteiger partial charge < -0.3 is 17.6 Å². The van der Waals surface area contributed by atoms with Crippen LogP contribution < -0.4 is 0 Å². The van der Waals surface area contributed by atoms with Crippen LogP contribution in [-0.4, -0.2) is 12.1 Å². The van der Waals surface area contributed by atoms with Gasteiger partial charge >= 0.3 is 22.4 Å². The van der Waals surface area contributed by atoms with E-state index in [0.717, 1.165) is 5.56 Å². The van der Waals surface area contributed by atoms with Gasteiger partial charge in [-0.3, -0.25) is 0 Å². The summed E-state index contributed by atoms with van der Waals surface area (Å²) < 4.78 is 0. The minimum Gasteiger partial charge on any atom is -0.760 e. The van der Waals surface area contributed by atoms with Gasteiger partial charge in [0.05, 0.1) is 0 Å². The number of rotatable bonds is 1. The Labute approximate surface area is 87.8 Å². The average Bonchev–Trinajstić information content (AvgIpc) is 2.05. The Hall–Kier alpha value is -0.150. The topological polar surface area (TPSA) is 12.4 Å². The minimum absolute atomic E-state index is 0. The Morgan fingerprint density at radius 3 is 2.27 bits per heavy atom. The van der Waals surface area contributed by atoms with Gasteiger partial charge in [-0.15, -0.1) is 0 Å². The maximum atomic E-state index is 4.96. The molecule has 0 saturated heterocycles. The summed E-state index contributed by atoms with van der Waals surface area (Å²) in [6.45, 7) is 0. The van der Waals surface area contributed by atoms with Gasteiger partial charge in [0, 0.05) is 7.05 Å². The summed E-state index contributed by atoms with van der Waals surface area (Å²) in [6.07, 6.45) is 0. The molecule has 0 atom stereocenters. The van der Waals surface area contributed by atoms with E-state index in [1.807, 2.05) is 30.3 Å². The minimum atomic E-state index is 0. The maximum absolute atomic E-state index is 4.96. The molecule has 0 spiro atoms. The average molecular weight is 347 g/mol. The second kappa shape index (κ2) is 5.49. The number of nitrogens with zero attached hydrogens (tertiary/aromatic N) is 1. The Balaban J connectivity index is 0.000001000. The smallest absolute Gasteiger partial charge is 0.760 e. The van der Waals surface area contributed by atoms with E-state index in [0.29, 0.717) is 5.04 Å². The van der Waals surface area contributed by atoms with E-state index >= 15 is 0 Å². The van der Waals surface area contributed by atoms with Gasteiger partial charge in [-0.05, 0) is 5.56 Å². The zero-order valence-corrected chi connectivity index (χ0v) is 9.03. The summed E-state index contributed by atoms with van der Waals surface area (Å²) in [5.74, 6) is 0. The van der Waals surface area contributed by atoms with Gasteiger partial charge in [0.1, 0.15) is 0 Å². The first-order chi connectivity index (χ1) is 4.84. The Bertz CT molecular complexity index is 233. The summed E-state index contributed by atoms with van der Waals surface area (Å²) in [5.41, 5.74) is 1.01. The number of hydrogen-bond acceptors (Lipinski definition) is 2. The molecule has 1 nitrogen and oxygen atoms in total. The maximum Gasteiger partial charge on any atom is 1.00 e. The van der Waals surface area contributed by atoms with E-state index in [1.54, 1.807) is 7.05 Å². The third kappa shape index (κ3) is 3.16. The Kier molecular flexibility index (Phi) is 5.42. The summed E-state index contributed by atoms with van der Waals surface area (Å²) >= 11 is 4.96. The second-order valence-electron chi connectivity index (χ2n) is 1.89. The fourth-order valence-electron chi connectivity index (χ4n) is 0.710. The van der Waals surface area contributed by atoms with Crippen molar-refractivity contribution in [1.82, 2.24) is 0 Å². The van der Waals surface area contributed by atoms with Crippen LogP contribution in [0.15, 0.2) is 35.3 Å². The number of benzene rings is 1. The zero-order valence-electron chi connectivity index (χ0n) is 6.04. The van der Waals surface area contributed by atoms with Gasteiger partial charge in [0.25, 0.3) is 0 Å². The van der Waals surface area contributed by atoms with Crippen molar-refractivity contribution in [3.05, 3.63) is 35.9 Å². The van der Waals surface area contributed by atoms with Crippen molar-refractivity contribution in [2.75, 3.05) is 7.05 Å². The standard InChI is InChI=1S/C8H9NS.Au/c1-9-8(10)7-5-3-2-4-6-7;/h2-6H,1H3,(H,9,10);/q;+1/p-1. The fraction of sp³-hybridized carbons (Fsp3) is 0.125. The van der Waals surface area contributed by atoms with Crippen LogP contribution in [0.5, 0.6) is 0 Å². The molecule has 0 heterocycles. The summed E-state index contributed by atoms with van der Waals surface area (Å²) in [7, 11) is 1.70. The summed E-state index contributed by atoms with van der Waals surface area (Å²) in [5, 5.41) is 0.667. The molecule has 0 unspecified atom stereocenters. The molecule has 1 aromatic carbocycles. The van der Waals surface area contributed by atoms with Crippen LogP contribution in [-0.2, 0) is 35.0 Å². The van der Waals surface area contributed by atoms with E-state index in [4.69, 9.17) is 12.6 Å². The van der Waals surface area contributed by atoms with Gasteiger partial charge in [-0.2, -0.15) is 0 Å². The molecular formula is C8H8AuNS. The first kappa shape index (κ1) is 10.9. The van der Waals surface area contributed by atoms with Crippen LogP contribution in [0.1, 0.15) is 5.56 Å². The summed E-state index contributed by atoms with van der Waals surface area (Å²) in [4.78, 5) is 3.89. The molecular weight excluding hydrogens is 339 g/mol. The largest absolute Gasteiger partial charge is 1.00 e. The molecule has 0 aliphatic rings. The predicted octanol–water partition coefficient (Wildman–Crippen LogP) is 1.61.